The Labute approximate surface area is 132 Å². The molecule has 1 saturated carbocycles. The third-order valence-electron chi connectivity index (χ3n) is 3.72. The van der Waals surface area contributed by atoms with Crippen molar-refractivity contribution in [3.05, 3.63) is 35.4 Å². The summed E-state index contributed by atoms with van der Waals surface area (Å²) in [4.78, 5) is 23.3. The molecule has 0 atom stereocenters. The zero-order valence-electron chi connectivity index (χ0n) is 13.2. The lowest BCUT2D eigenvalue weighted by Gasteiger charge is -2.46. The molecule has 1 aromatic rings. The molecular weight excluding hydrogens is 308 g/mol. The maximum absolute atomic E-state index is 13.5. The van der Waals surface area contributed by atoms with Crippen molar-refractivity contribution in [3.8, 4) is 0 Å². The molecule has 0 aliphatic heterocycles. The molecular formula is C16H19F2NO4. The number of halogens is 2. The highest BCUT2D eigenvalue weighted by Gasteiger charge is 2.54. The van der Waals surface area contributed by atoms with Crippen molar-refractivity contribution in [3.63, 3.8) is 0 Å². The Kier molecular flexibility index (Phi) is 4.32. The van der Waals surface area contributed by atoms with E-state index >= 15 is 0 Å². The van der Waals surface area contributed by atoms with E-state index in [1.54, 1.807) is 20.8 Å². The number of carboxylic acid groups (broad SMARTS) is 1. The van der Waals surface area contributed by atoms with Crippen molar-refractivity contribution in [2.45, 2.75) is 50.7 Å². The summed E-state index contributed by atoms with van der Waals surface area (Å²) in [5, 5.41) is 11.0. The van der Waals surface area contributed by atoms with Crippen LogP contribution >= 0.6 is 0 Å². The minimum absolute atomic E-state index is 0.0944. The van der Waals surface area contributed by atoms with Crippen LogP contribution in [0, 0.1) is 11.6 Å². The van der Waals surface area contributed by atoms with Crippen LogP contribution in [0.4, 0.5) is 13.6 Å². The van der Waals surface area contributed by atoms with Gasteiger partial charge in [0.05, 0.1) is 5.41 Å². The van der Waals surface area contributed by atoms with E-state index in [0.717, 1.165) is 18.2 Å². The lowest BCUT2D eigenvalue weighted by molar-refractivity contribution is -0.167. The largest absolute Gasteiger partial charge is 0.465 e. The van der Waals surface area contributed by atoms with Gasteiger partial charge in [-0.1, -0.05) is 0 Å². The normalized spacial score (nSPS) is 23.8. The molecule has 2 N–H and O–H groups in total. The highest BCUT2D eigenvalue weighted by molar-refractivity contribution is 5.85. The van der Waals surface area contributed by atoms with Crippen LogP contribution in [0.5, 0.6) is 0 Å². The number of amides is 1. The van der Waals surface area contributed by atoms with Crippen LogP contribution in [0.3, 0.4) is 0 Å². The van der Waals surface area contributed by atoms with Gasteiger partial charge in [-0.25, -0.2) is 13.6 Å². The van der Waals surface area contributed by atoms with E-state index in [1.807, 2.05) is 0 Å². The van der Waals surface area contributed by atoms with Crippen molar-refractivity contribution in [1.82, 2.24) is 5.32 Å². The quantitative estimate of drug-likeness (QED) is 0.837. The van der Waals surface area contributed by atoms with Gasteiger partial charge in [0, 0.05) is 12.1 Å². The predicted molar refractivity (Wildman–Crippen MR) is 78.1 cm³/mol. The van der Waals surface area contributed by atoms with E-state index in [1.165, 1.54) is 0 Å². The molecule has 1 aliphatic rings. The molecule has 1 aliphatic carbocycles. The second-order valence-electron chi connectivity index (χ2n) is 6.80. The van der Waals surface area contributed by atoms with Crippen molar-refractivity contribution in [1.29, 1.82) is 0 Å². The summed E-state index contributed by atoms with van der Waals surface area (Å²) >= 11 is 0. The molecule has 1 aromatic carbocycles. The molecule has 1 fully saturated rings. The summed E-state index contributed by atoms with van der Waals surface area (Å²) in [6, 6.07) is 2.43. The molecule has 0 unspecified atom stereocenters. The van der Waals surface area contributed by atoms with Gasteiger partial charge >= 0.3 is 12.1 Å². The first-order valence-electron chi connectivity index (χ1n) is 7.21. The number of hydrogen-bond donors (Lipinski definition) is 2. The molecule has 0 radical (unpaired) electrons. The Hall–Kier alpha value is -2.18. The maximum Gasteiger partial charge on any atom is 0.404 e. The predicted octanol–water partition coefficient (Wildman–Crippen LogP) is 2.97. The fourth-order valence-electron chi connectivity index (χ4n) is 2.78. The fraction of sp³-hybridized carbons (Fsp3) is 0.500. The first-order chi connectivity index (χ1) is 10.5. The number of benzene rings is 1. The summed E-state index contributed by atoms with van der Waals surface area (Å²) in [5.41, 5.74) is -1.85. The molecule has 2 rings (SSSR count). The monoisotopic (exact) mass is 327 g/mol. The first-order valence-corrected chi connectivity index (χ1v) is 7.21. The Morgan fingerprint density at radius 1 is 1.22 bits per heavy atom. The van der Waals surface area contributed by atoms with Crippen LogP contribution in [-0.4, -0.2) is 28.8 Å². The standard InChI is InChI=1S/C16H19F2NO4/c1-15(2,3)23-13(20)16(7-12(8-16)19-14(21)22)9-4-10(17)6-11(18)5-9/h4-6,12,19H,7-8H2,1-3H3,(H,21,22). The fourth-order valence-corrected chi connectivity index (χ4v) is 2.78. The van der Waals surface area contributed by atoms with Crippen LogP contribution in [0.1, 0.15) is 39.2 Å². The molecule has 0 aromatic heterocycles. The summed E-state index contributed by atoms with van der Waals surface area (Å²) < 4.78 is 32.4. The number of rotatable bonds is 3. The van der Waals surface area contributed by atoms with E-state index in [0.29, 0.717) is 0 Å². The van der Waals surface area contributed by atoms with E-state index in [-0.39, 0.29) is 18.4 Å². The van der Waals surface area contributed by atoms with Gasteiger partial charge in [0.15, 0.2) is 0 Å². The number of carbonyl (C=O) groups excluding carboxylic acids is 1. The van der Waals surface area contributed by atoms with Crippen molar-refractivity contribution in [2.24, 2.45) is 0 Å². The first kappa shape index (κ1) is 17.2. The minimum Gasteiger partial charge on any atom is -0.465 e. The maximum atomic E-state index is 13.5. The second kappa shape index (κ2) is 5.79. The van der Waals surface area contributed by atoms with Crippen LogP contribution in [-0.2, 0) is 14.9 Å². The lowest BCUT2D eigenvalue weighted by Crippen LogP contribution is -2.58. The Morgan fingerprint density at radius 3 is 2.17 bits per heavy atom. The number of hydrogen-bond acceptors (Lipinski definition) is 3. The Morgan fingerprint density at radius 2 is 1.74 bits per heavy atom. The van der Waals surface area contributed by atoms with Gasteiger partial charge in [0.2, 0.25) is 0 Å². The molecule has 0 heterocycles. The second-order valence-corrected chi connectivity index (χ2v) is 6.80. The Bertz CT molecular complexity index is 613. The average Bonchev–Trinajstić information content (AvgIpc) is 2.28. The van der Waals surface area contributed by atoms with Gasteiger partial charge in [-0.15, -0.1) is 0 Å². The molecule has 23 heavy (non-hydrogen) atoms. The van der Waals surface area contributed by atoms with E-state index in [2.05, 4.69) is 5.32 Å². The molecule has 5 nitrogen and oxygen atoms in total. The third kappa shape index (κ3) is 3.78. The topological polar surface area (TPSA) is 75.6 Å². The number of nitrogens with one attached hydrogen (secondary N) is 1. The Balaban J connectivity index is 2.33. The lowest BCUT2D eigenvalue weighted by atomic mass is 9.61. The highest BCUT2D eigenvalue weighted by Crippen LogP contribution is 2.46. The summed E-state index contributed by atoms with van der Waals surface area (Å²) in [6.07, 6.45) is -1.02. The molecule has 7 heteroatoms. The van der Waals surface area contributed by atoms with Crippen LogP contribution in [0.2, 0.25) is 0 Å². The molecule has 0 saturated heterocycles. The highest BCUT2D eigenvalue weighted by atomic mass is 19.1. The van der Waals surface area contributed by atoms with Crippen molar-refractivity contribution < 1.29 is 28.2 Å². The van der Waals surface area contributed by atoms with Crippen LogP contribution in [0.25, 0.3) is 0 Å². The number of carbonyl (C=O) groups is 2. The van der Waals surface area contributed by atoms with Gasteiger partial charge in [0.25, 0.3) is 0 Å². The average molecular weight is 327 g/mol. The summed E-state index contributed by atoms with van der Waals surface area (Å²) in [7, 11) is 0. The van der Waals surface area contributed by atoms with Crippen molar-refractivity contribution in [2.75, 3.05) is 0 Å². The SMILES string of the molecule is CC(C)(C)OC(=O)C1(c2cc(F)cc(F)c2)CC(NC(=O)O)C1. The zero-order valence-corrected chi connectivity index (χ0v) is 13.2. The molecule has 1 amide bonds. The molecule has 126 valence electrons. The van der Waals surface area contributed by atoms with Crippen molar-refractivity contribution >= 4 is 12.1 Å². The summed E-state index contributed by atoms with van der Waals surface area (Å²) in [6.45, 7) is 5.07. The number of esters is 1. The van der Waals surface area contributed by atoms with Gasteiger partial charge in [0.1, 0.15) is 17.2 Å². The van der Waals surface area contributed by atoms with Gasteiger partial charge in [-0.2, -0.15) is 0 Å². The zero-order chi connectivity index (χ0) is 17.4. The van der Waals surface area contributed by atoms with Crippen LogP contribution in [0.15, 0.2) is 18.2 Å². The van der Waals surface area contributed by atoms with Gasteiger partial charge in [-0.3, -0.25) is 4.79 Å². The van der Waals surface area contributed by atoms with E-state index in [9.17, 15) is 18.4 Å². The van der Waals surface area contributed by atoms with Gasteiger partial charge in [-0.05, 0) is 51.3 Å². The summed E-state index contributed by atoms with van der Waals surface area (Å²) in [5.74, 6) is -2.20. The van der Waals surface area contributed by atoms with E-state index in [4.69, 9.17) is 9.84 Å². The van der Waals surface area contributed by atoms with Crippen LogP contribution < -0.4 is 5.32 Å². The molecule has 0 spiro atoms. The molecule has 0 bridgehead atoms. The van der Waals surface area contributed by atoms with E-state index < -0.39 is 40.8 Å². The minimum atomic E-state index is -1.25. The third-order valence-corrected chi connectivity index (χ3v) is 3.72. The smallest absolute Gasteiger partial charge is 0.404 e. The van der Waals surface area contributed by atoms with Gasteiger partial charge < -0.3 is 15.2 Å². The number of ether oxygens (including phenoxy) is 1.